The molecule has 1 saturated carbocycles. The highest BCUT2D eigenvalue weighted by Crippen LogP contribution is 2.43. The van der Waals surface area contributed by atoms with Crippen molar-refractivity contribution in [1.29, 1.82) is 0 Å². The van der Waals surface area contributed by atoms with E-state index in [9.17, 15) is 0 Å². The van der Waals surface area contributed by atoms with Crippen LogP contribution in [0.5, 0.6) is 0 Å². The first-order valence-electron chi connectivity index (χ1n) is 6.97. The molecule has 20 heavy (non-hydrogen) atoms. The number of aromatic nitrogens is 3. The maximum Gasteiger partial charge on any atom is 0.168 e. The van der Waals surface area contributed by atoms with Gasteiger partial charge in [0, 0.05) is 50.3 Å². The third kappa shape index (κ3) is 2.14. The van der Waals surface area contributed by atoms with Crippen molar-refractivity contribution in [2.24, 2.45) is 0 Å². The Balaban J connectivity index is 1.89. The van der Waals surface area contributed by atoms with Gasteiger partial charge in [0.2, 0.25) is 0 Å². The topological polar surface area (TPSA) is 74.7 Å². The third-order valence-electron chi connectivity index (χ3n) is 4.04. The summed E-state index contributed by atoms with van der Waals surface area (Å²) in [4.78, 5) is 4.65. The van der Waals surface area contributed by atoms with E-state index in [0.29, 0.717) is 18.3 Å². The minimum absolute atomic E-state index is 0.309. The van der Waals surface area contributed by atoms with E-state index in [2.05, 4.69) is 10.1 Å². The molecule has 6 nitrogen and oxygen atoms in total. The Morgan fingerprint density at radius 2 is 2.40 bits per heavy atom. The van der Waals surface area contributed by atoms with Crippen molar-refractivity contribution >= 4 is 11.5 Å². The van der Waals surface area contributed by atoms with Crippen molar-refractivity contribution in [3.63, 3.8) is 0 Å². The second kappa shape index (κ2) is 5.03. The van der Waals surface area contributed by atoms with Crippen LogP contribution in [0, 0.1) is 0 Å². The highest BCUT2D eigenvalue weighted by Gasteiger charge is 2.41. The number of nitrogens with two attached hydrogens (primary N) is 1. The van der Waals surface area contributed by atoms with Crippen LogP contribution in [0.25, 0.3) is 5.65 Å². The van der Waals surface area contributed by atoms with Crippen LogP contribution in [0.3, 0.4) is 0 Å². The number of rotatable bonds is 4. The molecule has 2 unspecified atom stereocenters. The molecule has 0 spiro atoms. The Bertz CT molecular complexity index is 612. The molecule has 0 bridgehead atoms. The average Bonchev–Trinajstić information content (AvgIpc) is 3.06. The monoisotopic (exact) mass is 276 g/mol. The van der Waals surface area contributed by atoms with E-state index >= 15 is 0 Å². The molecule has 2 atom stereocenters. The molecule has 2 heterocycles. The summed E-state index contributed by atoms with van der Waals surface area (Å²) in [7, 11) is 1.71. The quantitative estimate of drug-likeness (QED) is 0.864. The Kier molecular flexibility index (Phi) is 3.35. The number of hydrogen-bond acceptors (Lipinski definition) is 5. The fraction of sp³-hybridized carbons (Fsp3) is 0.571. The van der Waals surface area contributed by atoms with Gasteiger partial charge < -0.3 is 15.2 Å². The number of nitrogen functional groups attached to an aromatic ring is 1. The lowest BCUT2D eigenvalue weighted by Gasteiger charge is -2.27. The summed E-state index contributed by atoms with van der Waals surface area (Å²) in [6.07, 6.45) is 4.39. The summed E-state index contributed by atoms with van der Waals surface area (Å²) >= 11 is 0. The zero-order chi connectivity index (χ0) is 14.2. The maximum atomic E-state index is 6.03. The minimum atomic E-state index is -0.470. The van der Waals surface area contributed by atoms with E-state index in [0.717, 1.165) is 30.6 Å². The molecule has 1 aliphatic rings. The average molecular weight is 276 g/mol. The SMILES string of the molecule is CCOC1(OC)CCC(c2cc(N)n3nccc3n2)C1. The highest BCUT2D eigenvalue weighted by atomic mass is 16.7. The normalized spacial score (nSPS) is 26.4. The summed E-state index contributed by atoms with van der Waals surface area (Å²) in [5.41, 5.74) is 7.80. The van der Waals surface area contributed by atoms with Crippen molar-refractivity contribution in [3.05, 3.63) is 24.0 Å². The van der Waals surface area contributed by atoms with Crippen molar-refractivity contribution in [3.8, 4) is 0 Å². The van der Waals surface area contributed by atoms with Crippen LogP contribution >= 0.6 is 0 Å². The Morgan fingerprint density at radius 1 is 1.55 bits per heavy atom. The van der Waals surface area contributed by atoms with Gasteiger partial charge in [0.05, 0.1) is 6.20 Å². The van der Waals surface area contributed by atoms with Gasteiger partial charge in [-0.15, -0.1) is 0 Å². The Labute approximate surface area is 117 Å². The van der Waals surface area contributed by atoms with Gasteiger partial charge in [-0.1, -0.05) is 0 Å². The van der Waals surface area contributed by atoms with E-state index in [1.807, 2.05) is 19.1 Å². The van der Waals surface area contributed by atoms with Gasteiger partial charge in [-0.3, -0.25) is 0 Å². The molecule has 1 aliphatic carbocycles. The van der Waals surface area contributed by atoms with Crippen LogP contribution < -0.4 is 5.73 Å². The van der Waals surface area contributed by atoms with E-state index in [1.54, 1.807) is 17.8 Å². The molecule has 0 saturated heterocycles. The van der Waals surface area contributed by atoms with Gasteiger partial charge in [0.15, 0.2) is 11.4 Å². The molecule has 0 aliphatic heterocycles. The van der Waals surface area contributed by atoms with Crippen LogP contribution in [0.4, 0.5) is 5.82 Å². The summed E-state index contributed by atoms with van der Waals surface area (Å²) < 4.78 is 13.0. The standard InChI is InChI=1S/C14H20N4O2/c1-3-20-14(19-2)6-4-10(9-14)11-8-12(15)18-13(17-11)5-7-16-18/h5,7-8,10H,3-4,6,9,15H2,1-2H3. The van der Waals surface area contributed by atoms with Crippen molar-refractivity contribution in [2.75, 3.05) is 19.5 Å². The molecular formula is C14H20N4O2. The predicted octanol–water partition coefficient (Wildman–Crippen LogP) is 1.96. The Morgan fingerprint density at radius 3 is 3.15 bits per heavy atom. The first kappa shape index (κ1) is 13.3. The summed E-state index contributed by atoms with van der Waals surface area (Å²) in [5.74, 6) is 0.451. The van der Waals surface area contributed by atoms with E-state index in [4.69, 9.17) is 15.2 Å². The van der Waals surface area contributed by atoms with Crippen LogP contribution in [-0.2, 0) is 9.47 Å². The van der Waals surface area contributed by atoms with Gasteiger partial charge in [-0.05, 0) is 13.3 Å². The van der Waals surface area contributed by atoms with E-state index in [1.165, 1.54) is 0 Å². The van der Waals surface area contributed by atoms with Gasteiger partial charge in [0.1, 0.15) is 5.82 Å². The van der Waals surface area contributed by atoms with Crippen molar-refractivity contribution in [2.45, 2.75) is 37.9 Å². The molecule has 0 radical (unpaired) electrons. The number of methoxy groups -OCH3 is 1. The zero-order valence-electron chi connectivity index (χ0n) is 11.9. The lowest BCUT2D eigenvalue weighted by atomic mass is 10.0. The van der Waals surface area contributed by atoms with Crippen LogP contribution in [0.15, 0.2) is 18.3 Å². The van der Waals surface area contributed by atoms with Crippen LogP contribution in [-0.4, -0.2) is 34.1 Å². The van der Waals surface area contributed by atoms with Gasteiger partial charge in [0.25, 0.3) is 0 Å². The molecular weight excluding hydrogens is 256 g/mol. The van der Waals surface area contributed by atoms with Gasteiger partial charge >= 0.3 is 0 Å². The fourth-order valence-electron chi connectivity index (χ4n) is 3.03. The van der Waals surface area contributed by atoms with Crippen molar-refractivity contribution < 1.29 is 9.47 Å². The molecule has 2 N–H and O–H groups in total. The lowest BCUT2D eigenvalue weighted by Crippen LogP contribution is -2.31. The number of anilines is 1. The molecule has 3 rings (SSSR count). The molecule has 2 aromatic rings. The smallest absolute Gasteiger partial charge is 0.168 e. The first-order valence-corrected chi connectivity index (χ1v) is 6.97. The minimum Gasteiger partial charge on any atom is -0.384 e. The first-order chi connectivity index (χ1) is 9.67. The van der Waals surface area contributed by atoms with E-state index in [-0.39, 0.29) is 0 Å². The number of nitrogens with zero attached hydrogens (tertiary/aromatic N) is 3. The van der Waals surface area contributed by atoms with Crippen LogP contribution in [0.2, 0.25) is 0 Å². The predicted molar refractivity (Wildman–Crippen MR) is 75.4 cm³/mol. The summed E-state index contributed by atoms with van der Waals surface area (Å²) in [6, 6.07) is 3.77. The zero-order valence-corrected chi connectivity index (χ0v) is 11.9. The molecule has 0 aromatic carbocycles. The van der Waals surface area contributed by atoms with Gasteiger partial charge in [-0.2, -0.15) is 9.61 Å². The summed E-state index contributed by atoms with van der Waals surface area (Å²) in [6.45, 7) is 2.64. The fourth-order valence-corrected chi connectivity index (χ4v) is 3.03. The van der Waals surface area contributed by atoms with Crippen LogP contribution in [0.1, 0.15) is 37.8 Å². The Hall–Kier alpha value is -1.66. The second-order valence-corrected chi connectivity index (χ2v) is 5.19. The van der Waals surface area contributed by atoms with E-state index < -0.39 is 5.79 Å². The molecule has 6 heteroatoms. The number of ether oxygens (including phenoxy) is 2. The third-order valence-corrected chi connectivity index (χ3v) is 4.04. The maximum absolute atomic E-state index is 6.03. The molecule has 108 valence electrons. The lowest BCUT2D eigenvalue weighted by molar-refractivity contribution is -0.215. The molecule has 2 aromatic heterocycles. The van der Waals surface area contributed by atoms with Gasteiger partial charge in [-0.25, -0.2) is 4.98 Å². The largest absolute Gasteiger partial charge is 0.384 e. The number of fused-ring (bicyclic) bond motifs is 1. The second-order valence-electron chi connectivity index (χ2n) is 5.19. The van der Waals surface area contributed by atoms with Crippen molar-refractivity contribution in [1.82, 2.24) is 14.6 Å². The number of hydrogen-bond donors (Lipinski definition) is 1. The molecule has 0 amide bonds. The molecule has 1 fully saturated rings. The highest BCUT2D eigenvalue weighted by molar-refractivity contribution is 5.47. The summed E-state index contributed by atoms with van der Waals surface area (Å²) in [5, 5.41) is 4.14.